The highest BCUT2D eigenvalue weighted by Gasteiger charge is 2.47. The second-order valence-corrected chi connectivity index (χ2v) is 6.36. The van der Waals surface area contributed by atoms with Crippen LogP contribution in [-0.2, 0) is 9.53 Å². The third-order valence-electron chi connectivity index (χ3n) is 3.54. The molecule has 0 saturated carbocycles. The van der Waals surface area contributed by atoms with Gasteiger partial charge in [-0.2, -0.15) is 0 Å². The topological polar surface area (TPSA) is 49.8 Å². The molecule has 0 radical (unpaired) electrons. The van der Waals surface area contributed by atoms with E-state index >= 15 is 0 Å². The predicted octanol–water partition coefficient (Wildman–Crippen LogP) is 1.98. The maximum Gasteiger partial charge on any atom is 0.307 e. The second-order valence-electron chi connectivity index (χ2n) is 6.36. The van der Waals surface area contributed by atoms with E-state index in [9.17, 15) is 4.79 Å². The molecule has 1 rings (SSSR count). The average Bonchev–Trinajstić information content (AvgIpc) is 2.33. The maximum atomic E-state index is 10.9. The van der Waals surface area contributed by atoms with E-state index in [1.165, 1.54) is 0 Å². The fourth-order valence-electron chi connectivity index (χ4n) is 2.86. The van der Waals surface area contributed by atoms with Crippen LogP contribution in [0.2, 0.25) is 0 Å². The van der Waals surface area contributed by atoms with Crippen molar-refractivity contribution in [3.05, 3.63) is 0 Å². The van der Waals surface area contributed by atoms with Crippen LogP contribution in [0.4, 0.5) is 0 Å². The summed E-state index contributed by atoms with van der Waals surface area (Å²) in [5.41, 5.74) is -0.356. The molecule has 100 valence electrons. The molecule has 2 unspecified atom stereocenters. The highest BCUT2D eigenvalue weighted by Crippen LogP contribution is 2.39. The molecule has 1 saturated heterocycles. The molecule has 0 aliphatic carbocycles. The summed E-state index contributed by atoms with van der Waals surface area (Å²) in [6.07, 6.45) is 0.933. The van der Waals surface area contributed by atoms with Crippen LogP contribution in [0.15, 0.2) is 0 Å². The first-order chi connectivity index (χ1) is 7.55. The third kappa shape index (κ3) is 3.42. The standard InChI is InChI=1S/C13H25NO3/c1-9(11(15)16)8-14(6)10-7-12(2,3)17-13(10,4)5/h9-10H,7-8H2,1-6H3,(H,15,16). The van der Waals surface area contributed by atoms with Crippen molar-refractivity contribution in [3.8, 4) is 0 Å². The molecule has 17 heavy (non-hydrogen) atoms. The van der Waals surface area contributed by atoms with Gasteiger partial charge in [0.05, 0.1) is 17.1 Å². The van der Waals surface area contributed by atoms with Crippen molar-refractivity contribution in [1.29, 1.82) is 0 Å². The zero-order valence-corrected chi connectivity index (χ0v) is 11.8. The Labute approximate surface area is 104 Å². The molecule has 1 heterocycles. The molecule has 1 N–H and O–H groups in total. The summed E-state index contributed by atoms with van der Waals surface area (Å²) in [7, 11) is 1.98. The van der Waals surface area contributed by atoms with Gasteiger partial charge in [0, 0.05) is 12.6 Å². The fraction of sp³-hybridized carbons (Fsp3) is 0.923. The molecule has 0 aromatic rings. The van der Waals surface area contributed by atoms with Gasteiger partial charge in [-0.15, -0.1) is 0 Å². The molecular formula is C13H25NO3. The largest absolute Gasteiger partial charge is 0.481 e. The zero-order chi connectivity index (χ0) is 13.4. The van der Waals surface area contributed by atoms with Gasteiger partial charge in [-0.25, -0.2) is 0 Å². The lowest BCUT2D eigenvalue weighted by Gasteiger charge is -2.34. The Morgan fingerprint density at radius 3 is 2.35 bits per heavy atom. The first kappa shape index (κ1) is 14.5. The van der Waals surface area contributed by atoms with Crippen LogP contribution in [0.3, 0.4) is 0 Å². The first-order valence-corrected chi connectivity index (χ1v) is 6.18. The van der Waals surface area contributed by atoms with Crippen molar-refractivity contribution in [1.82, 2.24) is 4.90 Å². The number of carbonyl (C=O) groups is 1. The summed E-state index contributed by atoms with van der Waals surface area (Å²) in [6, 6.07) is 0.263. The Balaban J connectivity index is 2.69. The third-order valence-corrected chi connectivity index (χ3v) is 3.54. The minimum Gasteiger partial charge on any atom is -0.481 e. The van der Waals surface area contributed by atoms with Gasteiger partial charge in [-0.1, -0.05) is 6.92 Å². The molecule has 1 aliphatic heterocycles. The van der Waals surface area contributed by atoms with Gasteiger partial charge in [-0.05, 0) is 41.2 Å². The lowest BCUT2D eigenvalue weighted by molar-refractivity contribution is -0.142. The summed E-state index contributed by atoms with van der Waals surface area (Å²) in [6.45, 7) is 10.6. The quantitative estimate of drug-likeness (QED) is 0.820. The van der Waals surface area contributed by atoms with E-state index < -0.39 is 5.97 Å². The predicted molar refractivity (Wildman–Crippen MR) is 67.1 cm³/mol. The van der Waals surface area contributed by atoms with Crippen molar-refractivity contribution >= 4 is 5.97 Å². The monoisotopic (exact) mass is 243 g/mol. The van der Waals surface area contributed by atoms with Crippen molar-refractivity contribution in [2.24, 2.45) is 5.92 Å². The number of rotatable bonds is 4. The summed E-state index contributed by atoms with van der Waals surface area (Å²) >= 11 is 0. The summed E-state index contributed by atoms with van der Waals surface area (Å²) in [4.78, 5) is 13.0. The minimum atomic E-state index is -0.743. The number of carboxylic acid groups (broad SMARTS) is 1. The Morgan fingerprint density at radius 2 is 2.00 bits per heavy atom. The summed E-state index contributed by atoms with van der Waals surface area (Å²) in [5, 5.41) is 8.95. The molecule has 0 amide bonds. The average molecular weight is 243 g/mol. The number of carboxylic acids is 1. The summed E-state index contributed by atoms with van der Waals surface area (Å²) < 4.78 is 6.02. The van der Waals surface area contributed by atoms with Gasteiger partial charge in [0.1, 0.15) is 0 Å². The van der Waals surface area contributed by atoms with Gasteiger partial charge in [-0.3, -0.25) is 9.69 Å². The first-order valence-electron chi connectivity index (χ1n) is 6.18. The van der Waals surface area contributed by atoms with E-state index in [0.29, 0.717) is 6.54 Å². The van der Waals surface area contributed by atoms with Crippen LogP contribution in [-0.4, -0.2) is 46.8 Å². The normalized spacial score (nSPS) is 28.3. The van der Waals surface area contributed by atoms with Crippen LogP contribution >= 0.6 is 0 Å². The van der Waals surface area contributed by atoms with Gasteiger partial charge in [0.15, 0.2) is 0 Å². The lowest BCUT2D eigenvalue weighted by Crippen LogP contribution is -2.46. The van der Waals surface area contributed by atoms with Gasteiger partial charge in [0.2, 0.25) is 0 Å². The Hall–Kier alpha value is -0.610. The van der Waals surface area contributed by atoms with Crippen molar-refractivity contribution in [2.75, 3.05) is 13.6 Å². The smallest absolute Gasteiger partial charge is 0.307 e. The van der Waals surface area contributed by atoms with Gasteiger partial charge in [0.25, 0.3) is 0 Å². The fourth-order valence-corrected chi connectivity index (χ4v) is 2.86. The van der Waals surface area contributed by atoms with E-state index in [2.05, 4.69) is 32.6 Å². The van der Waals surface area contributed by atoms with Crippen molar-refractivity contribution < 1.29 is 14.6 Å². The van der Waals surface area contributed by atoms with Crippen LogP contribution in [0.1, 0.15) is 41.0 Å². The van der Waals surface area contributed by atoms with E-state index in [0.717, 1.165) is 6.42 Å². The molecule has 1 fully saturated rings. The molecule has 1 aliphatic rings. The van der Waals surface area contributed by atoms with Crippen molar-refractivity contribution in [2.45, 2.75) is 58.3 Å². The number of ether oxygens (including phenoxy) is 1. The second kappa shape index (κ2) is 4.58. The molecular weight excluding hydrogens is 218 g/mol. The van der Waals surface area contributed by atoms with Crippen LogP contribution in [0.5, 0.6) is 0 Å². The molecule has 4 nitrogen and oxygen atoms in total. The summed E-state index contributed by atoms with van der Waals surface area (Å²) in [5.74, 6) is -1.09. The lowest BCUT2D eigenvalue weighted by atomic mass is 9.92. The van der Waals surface area contributed by atoms with E-state index in [1.54, 1.807) is 6.92 Å². The number of hydrogen-bond donors (Lipinski definition) is 1. The molecule has 2 atom stereocenters. The van der Waals surface area contributed by atoms with E-state index in [-0.39, 0.29) is 23.2 Å². The van der Waals surface area contributed by atoms with E-state index in [4.69, 9.17) is 9.84 Å². The molecule has 0 aromatic heterocycles. The highest BCUT2D eigenvalue weighted by molar-refractivity contribution is 5.69. The molecule has 0 aromatic carbocycles. The highest BCUT2D eigenvalue weighted by atomic mass is 16.5. The molecule has 0 spiro atoms. The molecule has 4 heteroatoms. The van der Waals surface area contributed by atoms with Crippen LogP contribution in [0, 0.1) is 5.92 Å². The van der Waals surface area contributed by atoms with Crippen LogP contribution < -0.4 is 0 Å². The number of hydrogen-bond acceptors (Lipinski definition) is 3. The number of likely N-dealkylation sites (N-methyl/N-ethyl adjacent to an activating group) is 1. The Kier molecular flexibility index (Phi) is 3.89. The van der Waals surface area contributed by atoms with Crippen molar-refractivity contribution in [3.63, 3.8) is 0 Å². The van der Waals surface area contributed by atoms with E-state index in [1.807, 2.05) is 7.05 Å². The SMILES string of the molecule is CC(CN(C)C1CC(C)(C)OC1(C)C)C(=O)O. The Morgan fingerprint density at radius 1 is 1.47 bits per heavy atom. The molecule has 0 bridgehead atoms. The van der Waals surface area contributed by atoms with Gasteiger partial charge >= 0.3 is 5.97 Å². The Bertz CT molecular complexity index is 299. The number of aliphatic carboxylic acids is 1. The maximum absolute atomic E-state index is 10.9. The minimum absolute atomic E-state index is 0.130. The van der Waals surface area contributed by atoms with Crippen LogP contribution in [0.25, 0.3) is 0 Å². The zero-order valence-electron chi connectivity index (χ0n) is 11.8. The van der Waals surface area contributed by atoms with Gasteiger partial charge < -0.3 is 9.84 Å². The number of nitrogens with zero attached hydrogens (tertiary/aromatic N) is 1.